The largest absolute Gasteiger partial charge is 0.311 e. The molecule has 0 amide bonds. The van der Waals surface area contributed by atoms with E-state index in [0.717, 1.165) is 41.8 Å². The number of nitrogens with one attached hydrogen (secondary N) is 1. The summed E-state index contributed by atoms with van der Waals surface area (Å²) in [6.45, 7) is 7.33. The third-order valence-corrected chi connectivity index (χ3v) is 7.15. The smallest absolute Gasteiger partial charge is 0.0127 e. The van der Waals surface area contributed by atoms with Crippen molar-refractivity contribution in [3.8, 4) is 0 Å². The van der Waals surface area contributed by atoms with Crippen molar-refractivity contribution in [2.75, 3.05) is 13.1 Å². The molecule has 0 radical (unpaired) electrons. The van der Waals surface area contributed by atoms with Gasteiger partial charge in [-0.1, -0.05) is 0 Å². The molecule has 5 fully saturated rings. The Balaban J connectivity index is 1.36. The molecule has 120 valence electrons. The number of hydrogen-bond acceptors (Lipinski definition) is 2. The molecular formula is C19H34N2. The van der Waals surface area contributed by atoms with E-state index < -0.39 is 0 Å². The van der Waals surface area contributed by atoms with Crippen molar-refractivity contribution in [2.45, 2.75) is 83.3 Å². The van der Waals surface area contributed by atoms with Gasteiger partial charge in [-0.2, -0.15) is 0 Å². The zero-order chi connectivity index (χ0) is 14.4. The number of likely N-dealkylation sites (tertiary alicyclic amines) is 1. The molecule has 0 spiro atoms. The van der Waals surface area contributed by atoms with Crippen molar-refractivity contribution >= 4 is 0 Å². The first-order valence-electron chi connectivity index (χ1n) is 9.69. The lowest BCUT2D eigenvalue weighted by Gasteiger charge is -2.55. The SMILES string of the molecule is CC(C)N1CCCC(NC2C3CC4CC(C3)CC2C4)CC1. The highest BCUT2D eigenvalue weighted by Crippen LogP contribution is 2.53. The van der Waals surface area contributed by atoms with Crippen LogP contribution < -0.4 is 5.32 Å². The Kier molecular flexibility index (Phi) is 4.04. The Hall–Kier alpha value is -0.0800. The van der Waals surface area contributed by atoms with Crippen LogP contribution in [0.3, 0.4) is 0 Å². The van der Waals surface area contributed by atoms with Gasteiger partial charge in [-0.15, -0.1) is 0 Å². The predicted molar refractivity (Wildman–Crippen MR) is 88.3 cm³/mol. The van der Waals surface area contributed by atoms with Crippen molar-refractivity contribution in [2.24, 2.45) is 23.7 Å². The fraction of sp³-hybridized carbons (Fsp3) is 1.00. The maximum atomic E-state index is 4.17. The summed E-state index contributed by atoms with van der Waals surface area (Å²) < 4.78 is 0. The second-order valence-electron chi connectivity index (χ2n) is 8.88. The van der Waals surface area contributed by atoms with Crippen LogP contribution in [0.15, 0.2) is 0 Å². The first kappa shape index (κ1) is 14.5. The summed E-state index contributed by atoms with van der Waals surface area (Å²) in [5.74, 6) is 4.28. The highest BCUT2D eigenvalue weighted by atomic mass is 15.2. The van der Waals surface area contributed by atoms with Gasteiger partial charge in [-0.05, 0) is 102 Å². The first-order chi connectivity index (χ1) is 10.2. The molecule has 1 saturated heterocycles. The Labute approximate surface area is 131 Å². The van der Waals surface area contributed by atoms with Crippen LogP contribution >= 0.6 is 0 Å². The van der Waals surface area contributed by atoms with E-state index in [1.165, 1.54) is 32.4 Å². The molecule has 1 unspecified atom stereocenters. The van der Waals surface area contributed by atoms with E-state index in [-0.39, 0.29) is 0 Å². The summed E-state index contributed by atoms with van der Waals surface area (Å²) in [5, 5.41) is 4.17. The second-order valence-corrected chi connectivity index (χ2v) is 8.88. The summed E-state index contributed by atoms with van der Waals surface area (Å²) in [7, 11) is 0. The average molecular weight is 290 g/mol. The molecule has 0 aromatic rings. The molecule has 0 aromatic heterocycles. The maximum Gasteiger partial charge on any atom is 0.0127 e. The monoisotopic (exact) mass is 290 g/mol. The van der Waals surface area contributed by atoms with Crippen molar-refractivity contribution in [1.29, 1.82) is 0 Å². The van der Waals surface area contributed by atoms with Gasteiger partial charge in [-0.3, -0.25) is 0 Å². The number of hydrogen-bond donors (Lipinski definition) is 1. The van der Waals surface area contributed by atoms with Crippen LogP contribution in [0, 0.1) is 23.7 Å². The van der Waals surface area contributed by atoms with E-state index in [4.69, 9.17) is 0 Å². The molecular weight excluding hydrogens is 256 g/mol. The van der Waals surface area contributed by atoms with Crippen molar-refractivity contribution in [3.63, 3.8) is 0 Å². The molecule has 1 atom stereocenters. The van der Waals surface area contributed by atoms with Gasteiger partial charge in [0, 0.05) is 18.1 Å². The molecule has 4 saturated carbocycles. The van der Waals surface area contributed by atoms with Gasteiger partial charge in [0.2, 0.25) is 0 Å². The van der Waals surface area contributed by atoms with Crippen LogP contribution in [-0.2, 0) is 0 Å². The van der Waals surface area contributed by atoms with Crippen molar-refractivity contribution in [3.05, 3.63) is 0 Å². The van der Waals surface area contributed by atoms with Gasteiger partial charge in [0.25, 0.3) is 0 Å². The molecule has 2 heteroatoms. The predicted octanol–water partition coefficient (Wildman–Crippen LogP) is 3.66. The quantitative estimate of drug-likeness (QED) is 0.853. The molecule has 4 bridgehead atoms. The van der Waals surface area contributed by atoms with Gasteiger partial charge in [0.05, 0.1) is 0 Å². The lowest BCUT2D eigenvalue weighted by atomic mass is 9.54. The second kappa shape index (κ2) is 5.85. The molecule has 0 aromatic carbocycles. The van der Waals surface area contributed by atoms with Gasteiger partial charge >= 0.3 is 0 Å². The van der Waals surface area contributed by atoms with Crippen LogP contribution in [0.2, 0.25) is 0 Å². The van der Waals surface area contributed by atoms with E-state index in [0.29, 0.717) is 0 Å². The van der Waals surface area contributed by atoms with Crippen LogP contribution in [0.4, 0.5) is 0 Å². The minimum atomic E-state index is 0.727. The summed E-state index contributed by atoms with van der Waals surface area (Å²) in [6.07, 6.45) is 12.0. The van der Waals surface area contributed by atoms with Crippen LogP contribution in [0.1, 0.15) is 65.2 Å². The molecule has 21 heavy (non-hydrogen) atoms. The Morgan fingerprint density at radius 1 is 0.857 bits per heavy atom. The van der Waals surface area contributed by atoms with Gasteiger partial charge < -0.3 is 10.2 Å². The van der Waals surface area contributed by atoms with Gasteiger partial charge in [0.15, 0.2) is 0 Å². The lowest BCUT2D eigenvalue weighted by Crippen LogP contribution is -2.56. The molecule has 1 N–H and O–H groups in total. The molecule has 1 heterocycles. The summed E-state index contributed by atoms with van der Waals surface area (Å²) in [6, 6.07) is 2.41. The normalized spacial score (nSPS) is 47.0. The average Bonchev–Trinajstić information content (AvgIpc) is 2.67. The molecule has 5 rings (SSSR count). The Morgan fingerprint density at radius 3 is 2.14 bits per heavy atom. The van der Waals surface area contributed by atoms with Gasteiger partial charge in [-0.25, -0.2) is 0 Å². The van der Waals surface area contributed by atoms with E-state index in [2.05, 4.69) is 24.1 Å². The molecule has 1 aliphatic heterocycles. The lowest BCUT2D eigenvalue weighted by molar-refractivity contribution is -0.0182. The minimum absolute atomic E-state index is 0.727. The Bertz CT molecular complexity index is 337. The fourth-order valence-electron chi connectivity index (χ4n) is 6.27. The summed E-state index contributed by atoms with van der Waals surface area (Å²) in [4.78, 5) is 2.68. The zero-order valence-electron chi connectivity index (χ0n) is 14.1. The highest BCUT2D eigenvalue weighted by Gasteiger charge is 2.48. The third-order valence-electron chi connectivity index (χ3n) is 7.15. The van der Waals surface area contributed by atoms with Crippen LogP contribution in [0.5, 0.6) is 0 Å². The fourth-order valence-corrected chi connectivity index (χ4v) is 6.27. The third kappa shape index (κ3) is 2.91. The maximum absolute atomic E-state index is 4.17. The number of nitrogens with zero attached hydrogens (tertiary/aromatic N) is 1. The van der Waals surface area contributed by atoms with Crippen LogP contribution in [0.25, 0.3) is 0 Å². The topological polar surface area (TPSA) is 15.3 Å². The molecule has 5 aliphatic rings. The van der Waals surface area contributed by atoms with Crippen molar-refractivity contribution in [1.82, 2.24) is 10.2 Å². The van der Waals surface area contributed by atoms with E-state index >= 15 is 0 Å². The van der Waals surface area contributed by atoms with E-state index in [1.54, 1.807) is 32.1 Å². The van der Waals surface area contributed by atoms with Gasteiger partial charge in [0.1, 0.15) is 0 Å². The summed E-state index contributed by atoms with van der Waals surface area (Å²) >= 11 is 0. The Morgan fingerprint density at radius 2 is 1.52 bits per heavy atom. The minimum Gasteiger partial charge on any atom is -0.311 e. The zero-order valence-corrected chi connectivity index (χ0v) is 14.1. The number of rotatable bonds is 3. The summed E-state index contributed by atoms with van der Waals surface area (Å²) in [5.41, 5.74) is 0. The highest BCUT2D eigenvalue weighted by molar-refractivity contribution is 5.02. The first-order valence-corrected chi connectivity index (χ1v) is 9.69. The van der Waals surface area contributed by atoms with E-state index in [1.807, 2.05) is 0 Å². The standard InChI is InChI=1S/C19H34N2/c1-13(2)21-6-3-4-18(5-7-21)20-19-16-9-14-8-15(11-16)12-17(19)10-14/h13-20H,3-12H2,1-2H3. The van der Waals surface area contributed by atoms with Crippen LogP contribution in [-0.4, -0.2) is 36.1 Å². The molecule has 4 aliphatic carbocycles. The molecule has 2 nitrogen and oxygen atoms in total. The van der Waals surface area contributed by atoms with Crippen molar-refractivity contribution < 1.29 is 0 Å². The van der Waals surface area contributed by atoms with E-state index in [9.17, 15) is 0 Å².